The lowest BCUT2D eigenvalue weighted by Crippen LogP contribution is -2.14. The molecule has 5 nitrogen and oxygen atoms in total. The zero-order valence-electron chi connectivity index (χ0n) is 15.2. The van der Waals surface area contributed by atoms with Crippen molar-refractivity contribution in [1.29, 1.82) is 0 Å². The van der Waals surface area contributed by atoms with Crippen LogP contribution in [-0.2, 0) is 16.1 Å². The Morgan fingerprint density at radius 2 is 2.15 bits per heavy atom. The Kier molecular flexibility index (Phi) is 5.41. The maximum Gasteiger partial charge on any atom is 0.306 e. The van der Waals surface area contributed by atoms with E-state index in [0.29, 0.717) is 28.4 Å². The van der Waals surface area contributed by atoms with E-state index >= 15 is 0 Å². The molecule has 0 aromatic carbocycles. The quantitative estimate of drug-likeness (QED) is 0.587. The van der Waals surface area contributed by atoms with Gasteiger partial charge in [0.1, 0.15) is 17.3 Å². The number of rotatable bonds is 6. The Bertz CT molecular complexity index is 1010. The van der Waals surface area contributed by atoms with Crippen molar-refractivity contribution in [2.75, 3.05) is 0 Å². The molecule has 0 saturated heterocycles. The third-order valence-electron chi connectivity index (χ3n) is 5.10. The summed E-state index contributed by atoms with van der Waals surface area (Å²) in [7, 11) is 0. The highest BCUT2D eigenvalue weighted by Gasteiger charge is 2.18. The van der Waals surface area contributed by atoms with Gasteiger partial charge in [0.15, 0.2) is 0 Å². The highest BCUT2D eigenvalue weighted by atomic mass is 32.1. The van der Waals surface area contributed by atoms with E-state index in [1.54, 1.807) is 11.3 Å². The normalized spacial score (nSPS) is 14.9. The average molecular weight is 403 g/mol. The number of thiophene rings is 2. The second-order valence-corrected chi connectivity index (χ2v) is 9.25. The molecule has 0 amide bonds. The molecule has 0 aliphatic heterocycles. The van der Waals surface area contributed by atoms with Gasteiger partial charge in [0.25, 0.3) is 5.56 Å². The first kappa shape index (κ1) is 18.4. The van der Waals surface area contributed by atoms with Crippen LogP contribution in [0.2, 0.25) is 0 Å². The highest BCUT2D eigenvalue weighted by molar-refractivity contribution is 7.19. The van der Waals surface area contributed by atoms with Gasteiger partial charge < -0.3 is 9.72 Å². The van der Waals surface area contributed by atoms with Crippen LogP contribution >= 0.6 is 22.7 Å². The molecule has 0 spiro atoms. The van der Waals surface area contributed by atoms with E-state index < -0.39 is 0 Å². The fraction of sp³-hybridized carbons (Fsp3) is 0.450. The number of aryl methyl sites for hydroxylation is 1. The van der Waals surface area contributed by atoms with Crippen LogP contribution in [0.4, 0.5) is 0 Å². The highest BCUT2D eigenvalue weighted by Crippen LogP contribution is 2.35. The summed E-state index contributed by atoms with van der Waals surface area (Å²) in [5, 5.41) is 2.58. The van der Waals surface area contributed by atoms with E-state index in [1.165, 1.54) is 41.9 Å². The van der Waals surface area contributed by atoms with Crippen LogP contribution in [0.5, 0.6) is 0 Å². The molecule has 1 saturated carbocycles. The van der Waals surface area contributed by atoms with Crippen molar-refractivity contribution in [3.05, 3.63) is 38.6 Å². The number of nitrogens with zero attached hydrogens (tertiary/aromatic N) is 1. The van der Waals surface area contributed by atoms with Gasteiger partial charge in [-0.2, -0.15) is 0 Å². The number of ether oxygens (including phenoxy) is 1. The Morgan fingerprint density at radius 3 is 2.89 bits per heavy atom. The van der Waals surface area contributed by atoms with Gasteiger partial charge in [0.05, 0.1) is 5.39 Å². The Labute approximate surface area is 165 Å². The lowest BCUT2D eigenvalue weighted by atomic mass is 10.0. The van der Waals surface area contributed by atoms with Crippen LogP contribution in [0.1, 0.15) is 49.2 Å². The Morgan fingerprint density at radius 1 is 1.33 bits per heavy atom. The van der Waals surface area contributed by atoms with E-state index in [9.17, 15) is 9.59 Å². The molecule has 0 unspecified atom stereocenters. The van der Waals surface area contributed by atoms with Crippen molar-refractivity contribution in [3.63, 3.8) is 0 Å². The number of aromatic nitrogens is 2. The second-order valence-electron chi connectivity index (χ2n) is 7.10. The molecule has 0 radical (unpaired) electrons. The maximum absolute atomic E-state index is 12.6. The molecule has 27 heavy (non-hydrogen) atoms. The summed E-state index contributed by atoms with van der Waals surface area (Å²) < 4.78 is 5.32. The SMILES string of the molecule is Cc1ccc(-c2csc3nc(COC(=O)CCC4CCCC4)[nH]c(=O)c23)s1. The molecule has 3 aromatic heterocycles. The van der Waals surface area contributed by atoms with Gasteiger partial charge in [-0.25, -0.2) is 4.98 Å². The average Bonchev–Trinajstić information content (AvgIpc) is 3.38. The van der Waals surface area contributed by atoms with E-state index in [0.717, 1.165) is 16.9 Å². The first-order valence-corrected chi connectivity index (χ1v) is 11.0. The molecule has 142 valence electrons. The lowest BCUT2D eigenvalue weighted by molar-refractivity contribution is -0.145. The first-order valence-electron chi connectivity index (χ1n) is 9.33. The molecular weight excluding hydrogens is 380 g/mol. The fourth-order valence-corrected chi connectivity index (χ4v) is 5.59. The molecule has 1 fully saturated rings. The van der Waals surface area contributed by atoms with Crippen LogP contribution in [0.15, 0.2) is 22.3 Å². The third kappa shape index (κ3) is 4.14. The van der Waals surface area contributed by atoms with Crippen LogP contribution < -0.4 is 5.56 Å². The number of hydrogen-bond acceptors (Lipinski definition) is 6. The number of hydrogen-bond donors (Lipinski definition) is 1. The Balaban J connectivity index is 1.44. The molecule has 3 aromatic rings. The summed E-state index contributed by atoms with van der Waals surface area (Å²) in [5.74, 6) is 0.848. The minimum atomic E-state index is -0.217. The van der Waals surface area contributed by atoms with Gasteiger partial charge >= 0.3 is 5.97 Å². The molecule has 3 heterocycles. The fourth-order valence-electron chi connectivity index (χ4n) is 3.66. The first-order chi connectivity index (χ1) is 13.1. The number of nitrogens with one attached hydrogen (secondary N) is 1. The zero-order chi connectivity index (χ0) is 18.8. The van der Waals surface area contributed by atoms with Gasteiger partial charge in [-0.3, -0.25) is 9.59 Å². The van der Waals surface area contributed by atoms with Crippen LogP contribution in [-0.4, -0.2) is 15.9 Å². The van der Waals surface area contributed by atoms with Crippen molar-refractivity contribution in [2.45, 2.75) is 52.1 Å². The van der Waals surface area contributed by atoms with Gasteiger partial charge in [-0.1, -0.05) is 25.7 Å². The number of esters is 1. The number of fused-ring (bicyclic) bond motifs is 1. The number of H-pyrrole nitrogens is 1. The lowest BCUT2D eigenvalue weighted by Gasteiger charge is -2.08. The van der Waals surface area contributed by atoms with E-state index in [-0.39, 0.29) is 18.1 Å². The topological polar surface area (TPSA) is 72.0 Å². The molecular formula is C20H22N2O3S2. The minimum Gasteiger partial charge on any atom is -0.458 e. The Hall–Kier alpha value is -1.99. The van der Waals surface area contributed by atoms with Crippen molar-refractivity contribution >= 4 is 38.9 Å². The molecule has 1 aliphatic carbocycles. The van der Waals surface area contributed by atoms with Gasteiger partial charge in [0.2, 0.25) is 0 Å². The predicted molar refractivity (Wildman–Crippen MR) is 109 cm³/mol. The summed E-state index contributed by atoms with van der Waals surface area (Å²) >= 11 is 3.10. The van der Waals surface area contributed by atoms with Crippen molar-refractivity contribution in [2.24, 2.45) is 5.92 Å². The van der Waals surface area contributed by atoms with E-state index in [1.807, 2.05) is 24.4 Å². The van der Waals surface area contributed by atoms with Crippen molar-refractivity contribution in [1.82, 2.24) is 9.97 Å². The summed E-state index contributed by atoms with van der Waals surface area (Å²) in [4.78, 5) is 34.8. The van der Waals surface area contributed by atoms with Gasteiger partial charge in [0, 0.05) is 27.1 Å². The summed E-state index contributed by atoms with van der Waals surface area (Å²) in [6.45, 7) is 2.06. The largest absolute Gasteiger partial charge is 0.458 e. The molecule has 0 atom stereocenters. The molecule has 4 rings (SSSR count). The summed E-state index contributed by atoms with van der Waals surface area (Å²) in [6, 6.07) is 4.07. The summed E-state index contributed by atoms with van der Waals surface area (Å²) in [5.41, 5.74) is 0.737. The second kappa shape index (κ2) is 7.94. The zero-order valence-corrected chi connectivity index (χ0v) is 16.9. The predicted octanol–water partition coefficient (Wildman–Crippen LogP) is 5.04. The van der Waals surface area contributed by atoms with Gasteiger partial charge in [-0.15, -0.1) is 22.7 Å². The monoisotopic (exact) mass is 402 g/mol. The number of aromatic amines is 1. The standard InChI is InChI=1S/C20H22N2O3S2/c1-12-6-8-15(27-12)14-11-26-20-18(14)19(24)21-16(22-20)10-25-17(23)9-7-13-4-2-3-5-13/h6,8,11,13H,2-5,7,9-10H2,1H3,(H,21,22,24). The number of carbonyl (C=O) groups excluding carboxylic acids is 1. The minimum absolute atomic E-state index is 0.0139. The van der Waals surface area contributed by atoms with Gasteiger partial charge in [-0.05, 0) is 31.4 Å². The molecule has 1 aliphatic rings. The summed E-state index contributed by atoms with van der Waals surface area (Å²) in [6.07, 6.45) is 6.35. The van der Waals surface area contributed by atoms with Crippen LogP contribution in [0.25, 0.3) is 20.7 Å². The van der Waals surface area contributed by atoms with Crippen molar-refractivity contribution < 1.29 is 9.53 Å². The van der Waals surface area contributed by atoms with Crippen molar-refractivity contribution in [3.8, 4) is 10.4 Å². The molecule has 1 N–H and O–H groups in total. The number of carbonyl (C=O) groups is 1. The van der Waals surface area contributed by atoms with Crippen LogP contribution in [0, 0.1) is 12.8 Å². The smallest absolute Gasteiger partial charge is 0.306 e. The molecule has 7 heteroatoms. The third-order valence-corrected chi connectivity index (χ3v) is 7.01. The van der Waals surface area contributed by atoms with Crippen LogP contribution in [0.3, 0.4) is 0 Å². The van der Waals surface area contributed by atoms with E-state index in [4.69, 9.17) is 4.74 Å². The molecule has 0 bridgehead atoms. The van der Waals surface area contributed by atoms with E-state index in [2.05, 4.69) is 9.97 Å². The maximum atomic E-state index is 12.6.